The number of nitrogens with two attached hydrogens (primary N) is 2. The van der Waals surface area contributed by atoms with Gasteiger partial charge in [0.25, 0.3) is 0 Å². The topological polar surface area (TPSA) is 98.0 Å². The molecule has 3 rings (SSSR count). The second-order valence-electron chi connectivity index (χ2n) is 7.02. The molecule has 140 valence electrons. The maximum Gasteiger partial charge on any atom is 0.217 e. The molecule has 0 radical (unpaired) electrons. The number of hydrogen-bond acceptors (Lipinski definition) is 5. The molecule has 5 N–H and O–H groups in total. The highest BCUT2D eigenvalue weighted by molar-refractivity contribution is 5.58. The van der Waals surface area contributed by atoms with E-state index in [0.29, 0.717) is 11.4 Å². The van der Waals surface area contributed by atoms with Crippen LogP contribution in [-0.2, 0) is 10.3 Å². The first-order valence-corrected chi connectivity index (χ1v) is 8.99. The van der Waals surface area contributed by atoms with Crippen molar-refractivity contribution in [3.05, 3.63) is 58.3 Å². The Labute approximate surface area is 154 Å². The van der Waals surface area contributed by atoms with Crippen LogP contribution in [-0.4, -0.2) is 7.11 Å². The van der Waals surface area contributed by atoms with E-state index in [1.807, 2.05) is 19.1 Å². The van der Waals surface area contributed by atoms with Crippen LogP contribution in [0.3, 0.4) is 0 Å². The zero-order chi connectivity index (χ0) is 18.7. The lowest BCUT2D eigenvalue weighted by atomic mass is 9.65. The first kappa shape index (κ1) is 18.5. The Morgan fingerprint density at radius 3 is 2.15 bits per heavy atom. The molecule has 0 aliphatic heterocycles. The second-order valence-corrected chi connectivity index (χ2v) is 7.02. The maximum atomic E-state index is 11.4. The second kappa shape index (κ2) is 7.53. The summed E-state index contributed by atoms with van der Waals surface area (Å²) in [4.78, 5) is 9.64. The predicted molar refractivity (Wildman–Crippen MR) is 102 cm³/mol. The first-order valence-electron chi connectivity index (χ1n) is 8.99. The van der Waals surface area contributed by atoms with Gasteiger partial charge in [-0.1, -0.05) is 37.5 Å². The summed E-state index contributed by atoms with van der Waals surface area (Å²) in [6, 6.07) is 12.0. The molecular weight excluding hydrogens is 330 g/mol. The van der Waals surface area contributed by atoms with Gasteiger partial charge in [0.1, 0.15) is 7.11 Å². The summed E-state index contributed by atoms with van der Waals surface area (Å²) < 4.78 is 0. The van der Waals surface area contributed by atoms with E-state index in [2.05, 4.69) is 23.0 Å². The van der Waals surface area contributed by atoms with E-state index in [4.69, 9.17) is 16.3 Å². The van der Waals surface area contributed by atoms with Crippen LogP contribution in [0.4, 0.5) is 11.4 Å². The van der Waals surface area contributed by atoms with Crippen LogP contribution in [0.5, 0.6) is 5.75 Å². The van der Waals surface area contributed by atoms with Crippen LogP contribution >= 0.6 is 0 Å². The average Bonchev–Trinajstić information content (AvgIpc) is 2.66. The minimum absolute atomic E-state index is 0.113. The molecule has 0 bridgehead atoms. The number of aryl methyl sites for hydroxylation is 1. The Morgan fingerprint density at radius 2 is 1.58 bits per heavy atom. The van der Waals surface area contributed by atoms with Gasteiger partial charge >= 0.3 is 0 Å². The van der Waals surface area contributed by atoms with Crippen LogP contribution < -0.4 is 21.7 Å². The van der Waals surface area contributed by atoms with Gasteiger partial charge in [-0.3, -0.25) is 4.84 Å². The third-order valence-corrected chi connectivity index (χ3v) is 5.46. The third-order valence-electron chi connectivity index (χ3n) is 5.46. The number of nitrogens with one attached hydrogen (secondary N) is 1. The van der Waals surface area contributed by atoms with Crippen LogP contribution in [0.1, 0.15) is 48.8 Å². The quantitative estimate of drug-likeness (QED) is 0.564. The fourth-order valence-corrected chi connectivity index (χ4v) is 3.91. The Hall–Kier alpha value is -2.28. The summed E-state index contributed by atoms with van der Waals surface area (Å²) in [7, 11) is 1.27. The van der Waals surface area contributed by atoms with Gasteiger partial charge in [0.2, 0.25) is 5.75 Å². The molecule has 1 atom stereocenters. The van der Waals surface area contributed by atoms with Crippen molar-refractivity contribution in [3.63, 3.8) is 0 Å². The van der Waals surface area contributed by atoms with Gasteiger partial charge < -0.3 is 16.7 Å². The average molecular weight is 357 g/mol. The van der Waals surface area contributed by atoms with E-state index in [1.54, 1.807) is 6.07 Å². The molecule has 2 aromatic rings. The van der Waals surface area contributed by atoms with E-state index >= 15 is 0 Å². The molecule has 0 aromatic heterocycles. The van der Waals surface area contributed by atoms with Crippen LogP contribution in [0.15, 0.2) is 36.4 Å². The first-order chi connectivity index (χ1) is 12.5. The van der Waals surface area contributed by atoms with Crippen molar-refractivity contribution >= 4 is 11.4 Å². The van der Waals surface area contributed by atoms with Crippen molar-refractivity contribution in [2.45, 2.75) is 44.4 Å². The molecule has 0 saturated heterocycles. The van der Waals surface area contributed by atoms with Crippen LogP contribution in [0.25, 0.3) is 0 Å². The Balaban J connectivity index is 2.03. The number of nitrogen functional groups attached to an aromatic ring is 2. The lowest BCUT2D eigenvalue weighted by Crippen LogP contribution is -3.07. The fraction of sp³-hybridized carbons (Fsp3) is 0.400. The molecule has 1 unspecified atom stereocenters. The van der Waals surface area contributed by atoms with E-state index in [9.17, 15) is 5.21 Å². The number of benzene rings is 2. The van der Waals surface area contributed by atoms with Gasteiger partial charge in [0, 0.05) is 11.1 Å². The molecule has 26 heavy (non-hydrogen) atoms. The molecule has 0 amide bonds. The fourth-order valence-electron chi connectivity index (χ4n) is 3.91. The number of anilines is 2. The summed E-state index contributed by atoms with van der Waals surface area (Å²) in [5.74, 6) is 0.315. The summed E-state index contributed by atoms with van der Waals surface area (Å²) >= 11 is 0. The Bertz CT molecular complexity index is 773. The van der Waals surface area contributed by atoms with E-state index < -0.39 is 5.39 Å². The summed E-state index contributed by atoms with van der Waals surface area (Å²) in [5.41, 5.74) is 16.9. The summed E-state index contributed by atoms with van der Waals surface area (Å²) in [6.07, 6.45) is 5.66. The molecule has 6 heteroatoms. The van der Waals surface area contributed by atoms with Gasteiger partial charge in [-0.15, -0.1) is 0 Å². The largest absolute Gasteiger partial charge is 0.556 e. The van der Waals surface area contributed by atoms with Gasteiger partial charge in [-0.2, -0.15) is 4.84 Å². The lowest BCUT2D eigenvalue weighted by Gasteiger charge is -2.39. The van der Waals surface area contributed by atoms with Gasteiger partial charge in [-0.05, 0) is 60.0 Å². The van der Waals surface area contributed by atoms with Crippen molar-refractivity contribution in [2.24, 2.45) is 0 Å². The van der Waals surface area contributed by atoms with Crippen LogP contribution in [0.2, 0.25) is 0 Å². The number of rotatable bonds is 5. The molecule has 2 aromatic carbocycles. The van der Waals surface area contributed by atoms with E-state index in [1.165, 1.54) is 19.1 Å². The van der Waals surface area contributed by atoms with Crippen molar-refractivity contribution < 1.29 is 15.1 Å². The lowest BCUT2D eigenvalue weighted by molar-refractivity contribution is -1.18. The normalized spacial score (nSPS) is 17.7. The molecule has 1 aliphatic rings. The molecular formula is C20H27N3O3. The third kappa shape index (κ3) is 3.49. The SMILES string of the molecule is CO[NH+]([O-])Oc1ccc(C2(c3ccc(C)c(N)c3)CCCCC2)cc1N. The van der Waals surface area contributed by atoms with Crippen molar-refractivity contribution in [3.8, 4) is 5.75 Å². The molecule has 1 fully saturated rings. The van der Waals surface area contributed by atoms with Crippen molar-refractivity contribution in [1.82, 2.24) is 0 Å². The van der Waals surface area contributed by atoms with Crippen molar-refractivity contribution in [2.75, 3.05) is 18.6 Å². The highest BCUT2D eigenvalue weighted by Gasteiger charge is 2.36. The maximum absolute atomic E-state index is 11.4. The predicted octanol–water partition coefficient (Wildman–Crippen LogP) is 2.65. The minimum Gasteiger partial charge on any atom is -0.556 e. The zero-order valence-corrected chi connectivity index (χ0v) is 15.4. The molecule has 1 aliphatic carbocycles. The monoisotopic (exact) mass is 357 g/mol. The van der Waals surface area contributed by atoms with Crippen molar-refractivity contribution in [1.29, 1.82) is 0 Å². The minimum atomic E-state index is -0.775. The van der Waals surface area contributed by atoms with Crippen LogP contribution in [0, 0.1) is 12.1 Å². The van der Waals surface area contributed by atoms with Gasteiger partial charge in [0.15, 0.2) is 0 Å². The summed E-state index contributed by atoms with van der Waals surface area (Å²) in [6.45, 7) is 2.02. The molecule has 6 nitrogen and oxygen atoms in total. The Morgan fingerprint density at radius 1 is 0.962 bits per heavy atom. The highest BCUT2D eigenvalue weighted by Crippen LogP contribution is 2.46. The van der Waals surface area contributed by atoms with Gasteiger partial charge in [-0.25, -0.2) is 0 Å². The number of quaternary nitrogens is 1. The van der Waals surface area contributed by atoms with Gasteiger partial charge in [0.05, 0.1) is 5.69 Å². The number of hydrogen-bond donors (Lipinski definition) is 3. The smallest absolute Gasteiger partial charge is 0.217 e. The zero-order valence-electron chi connectivity index (χ0n) is 15.4. The van der Waals surface area contributed by atoms with E-state index in [0.717, 1.165) is 42.5 Å². The molecule has 0 spiro atoms. The molecule has 0 heterocycles. The highest BCUT2D eigenvalue weighted by atomic mass is 17.1. The molecule has 1 saturated carbocycles. The Kier molecular flexibility index (Phi) is 5.36. The van der Waals surface area contributed by atoms with E-state index in [-0.39, 0.29) is 5.41 Å². The summed E-state index contributed by atoms with van der Waals surface area (Å²) in [5, 5.41) is 10.6. The standard InChI is InChI=1S/C20H27N3O3/c1-14-6-7-15(12-17(14)21)20(10-4-3-5-11-20)16-8-9-19(18(22)13-16)26-23(24)25-2/h6-9,12-13,23H,3-5,10-11,21-22H2,1-2H3.